The first-order valence-corrected chi connectivity index (χ1v) is 7.96. The van der Waals surface area contributed by atoms with Gasteiger partial charge in [0, 0.05) is 20.1 Å². The maximum atomic E-state index is 5.31. The van der Waals surface area contributed by atoms with Crippen molar-refractivity contribution in [2.24, 2.45) is 17.8 Å². The van der Waals surface area contributed by atoms with Crippen molar-refractivity contribution >= 4 is 18.2 Å². The summed E-state index contributed by atoms with van der Waals surface area (Å²) in [6.45, 7) is 4.25. The molecule has 0 spiro atoms. The molecule has 0 saturated heterocycles. The quantitative estimate of drug-likeness (QED) is 0.841. The van der Waals surface area contributed by atoms with Crippen molar-refractivity contribution in [3.63, 3.8) is 0 Å². The van der Waals surface area contributed by atoms with E-state index in [-0.39, 0.29) is 0 Å². The lowest BCUT2D eigenvalue weighted by Crippen LogP contribution is -2.30. The third-order valence-electron chi connectivity index (χ3n) is 4.92. The number of rotatable bonds is 5. The molecule has 2 fully saturated rings. The van der Waals surface area contributed by atoms with E-state index in [0.29, 0.717) is 0 Å². The summed E-state index contributed by atoms with van der Waals surface area (Å²) in [5, 5.41) is 7.35. The van der Waals surface area contributed by atoms with Gasteiger partial charge in [-0.15, -0.1) is 5.10 Å². The number of hydrogen-bond acceptors (Lipinski definition) is 3. The first-order chi connectivity index (χ1) is 9.19. The minimum atomic E-state index is 0.747. The summed E-state index contributed by atoms with van der Waals surface area (Å²) in [4.78, 5) is 2.30. The predicted octanol–water partition coefficient (Wildman–Crippen LogP) is 3.22. The molecule has 0 radical (unpaired) electrons. The summed E-state index contributed by atoms with van der Waals surface area (Å²) in [6.07, 6.45) is 6.90. The highest BCUT2D eigenvalue weighted by Gasteiger charge is 2.39. The van der Waals surface area contributed by atoms with Gasteiger partial charge in [-0.1, -0.05) is 13.3 Å². The number of nitrogens with one attached hydrogen (secondary N) is 1. The number of fused-ring (bicyclic) bond motifs is 2. The van der Waals surface area contributed by atoms with Crippen LogP contribution in [0.3, 0.4) is 0 Å². The summed E-state index contributed by atoms with van der Waals surface area (Å²) in [5.41, 5.74) is 0. The zero-order valence-corrected chi connectivity index (χ0v) is 12.7. The van der Waals surface area contributed by atoms with E-state index in [4.69, 9.17) is 12.2 Å². The molecule has 2 aliphatic carbocycles. The van der Waals surface area contributed by atoms with E-state index >= 15 is 0 Å². The molecule has 3 atom stereocenters. The molecule has 1 heterocycles. The molecule has 1 N–H and O–H groups in total. The number of aromatic amines is 1. The Hall–Kier alpha value is -0.840. The van der Waals surface area contributed by atoms with Gasteiger partial charge in [-0.05, 0) is 55.7 Å². The molecule has 0 amide bonds. The van der Waals surface area contributed by atoms with Crippen molar-refractivity contribution < 1.29 is 0 Å². The van der Waals surface area contributed by atoms with Gasteiger partial charge in [0.05, 0.1) is 0 Å². The first kappa shape index (κ1) is 13.2. The number of nitrogens with zero attached hydrogens (tertiary/aromatic N) is 3. The topological polar surface area (TPSA) is 36.9 Å². The smallest absolute Gasteiger partial charge is 0.225 e. The maximum absolute atomic E-state index is 5.31. The fourth-order valence-electron chi connectivity index (χ4n) is 4.06. The van der Waals surface area contributed by atoms with Gasteiger partial charge in [0.1, 0.15) is 0 Å². The Morgan fingerprint density at radius 2 is 2.26 bits per heavy atom. The number of aromatic nitrogens is 3. The van der Waals surface area contributed by atoms with Crippen LogP contribution < -0.4 is 4.90 Å². The molecule has 1 aromatic heterocycles. The molecule has 0 aromatic carbocycles. The van der Waals surface area contributed by atoms with E-state index in [1.54, 1.807) is 0 Å². The number of H-pyrrole nitrogens is 1. The summed E-state index contributed by atoms with van der Waals surface area (Å²) in [6, 6.07) is 0. The van der Waals surface area contributed by atoms with Crippen LogP contribution in [-0.2, 0) is 6.54 Å². The van der Waals surface area contributed by atoms with Gasteiger partial charge in [-0.25, -0.2) is 5.10 Å². The second-order valence-corrected chi connectivity index (χ2v) is 6.68. The Morgan fingerprint density at radius 3 is 2.89 bits per heavy atom. The summed E-state index contributed by atoms with van der Waals surface area (Å²) in [5.74, 6) is 3.85. The van der Waals surface area contributed by atoms with E-state index in [9.17, 15) is 0 Å². The Kier molecular flexibility index (Phi) is 3.65. The van der Waals surface area contributed by atoms with Crippen LogP contribution in [0.1, 0.15) is 39.0 Å². The molecule has 1 aromatic rings. The second kappa shape index (κ2) is 5.27. The van der Waals surface area contributed by atoms with Crippen molar-refractivity contribution in [1.29, 1.82) is 0 Å². The average Bonchev–Trinajstić information content (AvgIpc) is 3.07. The molecule has 19 heavy (non-hydrogen) atoms. The standard InChI is InChI=1S/C14H24N4S/c1-3-6-18-13(15-16-14(18)19)17(2)9-12-8-10-4-5-11(12)7-10/h10-12H,3-9H2,1-2H3,(H,16,19). The van der Waals surface area contributed by atoms with Crippen LogP contribution >= 0.6 is 12.2 Å². The molecule has 5 heteroatoms. The molecule has 2 saturated carbocycles. The highest BCUT2D eigenvalue weighted by Crippen LogP contribution is 2.48. The van der Waals surface area contributed by atoms with Crippen LogP contribution in [0, 0.1) is 22.5 Å². The van der Waals surface area contributed by atoms with Crippen LogP contribution in [0.2, 0.25) is 0 Å². The van der Waals surface area contributed by atoms with Gasteiger partial charge < -0.3 is 4.90 Å². The molecule has 2 aliphatic rings. The van der Waals surface area contributed by atoms with E-state index < -0.39 is 0 Å². The molecule has 2 bridgehead atoms. The number of anilines is 1. The summed E-state index contributed by atoms with van der Waals surface area (Å²) in [7, 11) is 2.16. The van der Waals surface area contributed by atoms with E-state index in [1.807, 2.05) is 0 Å². The molecular formula is C14H24N4S. The SMILES string of the molecule is CCCn1c(N(C)CC2CC3CCC2C3)n[nH]c1=S. The fourth-order valence-corrected chi connectivity index (χ4v) is 4.28. The monoisotopic (exact) mass is 280 g/mol. The largest absolute Gasteiger partial charge is 0.344 e. The van der Waals surface area contributed by atoms with Crippen LogP contribution in [0.5, 0.6) is 0 Å². The predicted molar refractivity (Wildman–Crippen MR) is 79.9 cm³/mol. The molecule has 3 unspecified atom stereocenters. The zero-order valence-electron chi connectivity index (χ0n) is 11.9. The molecular weight excluding hydrogens is 256 g/mol. The lowest BCUT2D eigenvalue weighted by atomic mass is 9.88. The summed E-state index contributed by atoms with van der Waals surface area (Å²) >= 11 is 5.31. The number of hydrogen-bond donors (Lipinski definition) is 1. The van der Waals surface area contributed by atoms with Crippen molar-refractivity contribution in [1.82, 2.24) is 14.8 Å². The van der Waals surface area contributed by atoms with Gasteiger partial charge in [0.15, 0.2) is 4.77 Å². The van der Waals surface area contributed by atoms with Crippen LogP contribution in [0.25, 0.3) is 0 Å². The van der Waals surface area contributed by atoms with Gasteiger partial charge in [0.2, 0.25) is 5.95 Å². The Morgan fingerprint density at radius 1 is 1.42 bits per heavy atom. The minimum absolute atomic E-state index is 0.747. The van der Waals surface area contributed by atoms with Gasteiger partial charge >= 0.3 is 0 Å². The fraction of sp³-hybridized carbons (Fsp3) is 0.857. The molecule has 0 aliphatic heterocycles. The van der Waals surface area contributed by atoms with Crippen molar-refractivity contribution in [3.8, 4) is 0 Å². The highest BCUT2D eigenvalue weighted by molar-refractivity contribution is 7.71. The van der Waals surface area contributed by atoms with E-state index in [0.717, 1.165) is 48.0 Å². The first-order valence-electron chi connectivity index (χ1n) is 7.55. The second-order valence-electron chi connectivity index (χ2n) is 6.30. The van der Waals surface area contributed by atoms with Crippen LogP contribution in [-0.4, -0.2) is 28.4 Å². The maximum Gasteiger partial charge on any atom is 0.225 e. The van der Waals surface area contributed by atoms with Crippen LogP contribution in [0.15, 0.2) is 0 Å². The lowest BCUT2D eigenvalue weighted by molar-refractivity contribution is 0.336. The van der Waals surface area contributed by atoms with E-state index in [2.05, 4.69) is 33.6 Å². The molecule has 4 nitrogen and oxygen atoms in total. The zero-order chi connectivity index (χ0) is 13.4. The average molecular weight is 280 g/mol. The van der Waals surface area contributed by atoms with Crippen LogP contribution in [0.4, 0.5) is 5.95 Å². The third-order valence-corrected chi connectivity index (χ3v) is 5.23. The van der Waals surface area contributed by atoms with Crippen molar-refractivity contribution in [2.75, 3.05) is 18.5 Å². The highest BCUT2D eigenvalue weighted by atomic mass is 32.1. The molecule has 3 rings (SSSR count). The van der Waals surface area contributed by atoms with Crippen molar-refractivity contribution in [3.05, 3.63) is 4.77 Å². The lowest BCUT2D eigenvalue weighted by Gasteiger charge is -2.27. The Bertz CT molecular complexity index is 492. The molecule has 106 valence electrons. The third kappa shape index (κ3) is 2.45. The Balaban J connectivity index is 1.70. The summed E-state index contributed by atoms with van der Waals surface area (Å²) < 4.78 is 2.87. The normalized spacial score (nSPS) is 29.1. The van der Waals surface area contributed by atoms with Gasteiger partial charge in [-0.3, -0.25) is 4.57 Å². The van der Waals surface area contributed by atoms with Gasteiger partial charge in [0.25, 0.3) is 0 Å². The van der Waals surface area contributed by atoms with Gasteiger partial charge in [-0.2, -0.15) is 0 Å². The Labute approximate surface area is 120 Å². The minimum Gasteiger partial charge on any atom is -0.344 e. The van der Waals surface area contributed by atoms with E-state index in [1.165, 1.54) is 25.7 Å². The van der Waals surface area contributed by atoms with Crippen molar-refractivity contribution in [2.45, 2.75) is 45.6 Å².